The molecule has 0 saturated carbocycles. The minimum atomic E-state index is 0.0369. The van der Waals surface area contributed by atoms with Crippen LogP contribution >= 0.6 is 0 Å². The van der Waals surface area contributed by atoms with E-state index in [9.17, 15) is 0 Å². The molecule has 0 heterocycles. The first-order valence-electron chi connectivity index (χ1n) is 8.92. The second-order valence-corrected chi connectivity index (χ2v) is 8.35. The monoisotopic (exact) mass is 336 g/mol. The molecule has 0 aliphatic heterocycles. The molecule has 132 valence electrons. The molecule has 0 saturated heterocycles. The van der Waals surface area contributed by atoms with Gasteiger partial charge >= 0.3 is 0 Å². The van der Waals surface area contributed by atoms with E-state index >= 15 is 0 Å². The van der Waals surface area contributed by atoms with Gasteiger partial charge in [-0.25, -0.2) is 4.99 Å². The molecule has 0 atom stereocenters. The Morgan fingerprint density at radius 3 is 2.16 bits per heavy atom. The molecule has 0 amide bonds. The van der Waals surface area contributed by atoms with Crippen molar-refractivity contribution in [3.8, 4) is 0 Å². The molecule has 0 unspecified atom stereocenters. The highest BCUT2D eigenvalue weighted by molar-refractivity contribution is 5.99. The normalized spacial score (nSPS) is 18.7. The Bertz CT molecular complexity index is 801. The molecule has 0 bridgehead atoms. The lowest BCUT2D eigenvalue weighted by atomic mass is 9.63. The number of nitrogens with two attached hydrogens (primary N) is 1. The SMILES string of the molecule is CC1(C)CCC(C)(C)c2cc(C(N)=Nc3ccc(CO)cc3)ccc21. The van der Waals surface area contributed by atoms with E-state index in [1.165, 1.54) is 24.0 Å². The number of rotatable bonds is 3. The van der Waals surface area contributed by atoms with Crippen LogP contribution in [-0.2, 0) is 17.4 Å². The van der Waals surface area contributed by atoms with Gasteiger partial charge in [-0.05, 0) is 58.6 Å². The largest absolute Gasteiger partial charge is 0.392 e. The van der Waals surface area contributed by atoms with Gasteiger partial charge in [0.25, 0.3) is 0 Å². The van der Waals surface area contributed by atoms with Gasteiger partial charge in [0, 0.05) is 5.56 Å². The maximum Gasteiger partial charge on any atom is 0.131 e. The molecular formula is C22H28N2O. The number of hydrogen-bond donors (Lipinski definition) is 2. The number of fused-ring (bicyclic) bond motifs is 1. The highest BCUT2D eigenvalue weighted by atomic mass is 16.3. The summed E-state index contributed by atoms with van der Waals surface area (Å²) < 4.78 is 0. The maximum atomic E-state index is 9.13. The fourth-order valence-electron chi connectivity index (χ4n) is 3.63. The zero-order chi connectivity index (χ0) is 18.2. The van der Waals surface area contributed by atoms with Crippen LogP contribution < -0.4 is 5.73 Å². The van der Waals surface area contributed by atoms with Crippen LogP contribution in [0.1, 0.15) is 62.8 Å². The van der Waals surface area contributed by atoms with Gasteiger partial charge < -0.3 is 10.8 Å². The molecule has 1 aliphatic rings. The fraction of sp³-hybridized carbons (Fsp3) is 0.409. The van der Waals surface area contributed by atoms with Crippen molar-refractivity contribution in [2.75, 3.05) is 0 Å². The molecule has 1 aliphatic carbocycles. The highest BCUT2D eigenvalue weighted by Crippen LogP contribution is 2.45. The maximum absolute atomic E-state index is 9.13. The summed E-state index contributed by atoms with van der Waals surface area (Å²) in [6.45, 7) is 9.30. The molecule has 25 heavy (non-hydrogen) atoms. The molecule has 3 nitrogen and oxygen atoms in total. The average molecular weight is 336 g/mol. The van der Waals surface area contributed by atoms with Crippen molar-refractivity contribution in [3.05, 3.63) is 64.7 Å². The van der Waals surface area contributed by atoms with Crippen molar-refractivity contribution in [3.63, 3.8) is 0 Å². The van der Waals surface area contributed by atoms with Crippen LogP contribution in [0.4, 0.5) is 5.69 Å². The third-order valence-electron chi connectivity index (χ3n) is 5.52. The number of aliphatic hydroxyl groups excluding tert-OH is 1. The van der Waals surface area contributed by atoms with Crippen LogP contribution in [0.5, 0.6) is 0 Å². The second kappa shape index (κ2) is 6.30. The molecule has 2 aromatic carbocycles. The zero-order valence-corrected chi connectivity index (χ0v) is 15.6. The van der Waals surface area contributed by atoms with Gasteiger partial charge in [-0.15, -0.1) is 0 Å². The molecule has 3 rings (SSSR count). The second-order valence-electron chi connectivity index (χ2n) is 8.35. The van der Waals surface area contributed by atoms with Gasteiger partial charge in [-0.1, -0.05) is 52.0 Å². The van der Waals surface area contributed by atoms with Crippen LogP contribution in [0, 0.1) is 0 Å². The topological polar surface area (TPSA) is 58.6 Å². The minimum Gasteiger partial charge on any atom is -0.392 e. The van der Waals surface area contributed by atoms with Crippen LogP contribution in [0.3, 0.4) is 0 Å². The molecule has 3 heteroatoms. The summed E-state index contributed by atoms with van der Waals surface area (Å²) >= 11 is 0. The summed E-state index contributed by atoms with van der Waals surface area (Å²) in [4.78, 5) is 4.55. The molecule has 0 aromatic heterocycles. The van der Waals surface area contributed by atoms with Crippen molar-refractivity contribution in [1.82, 2.24) is 0 Å². The minimum absolute atomic E-state index is 0.0369. The molecule has 3 N–H and O–H groups in total. The number of aliphatic hydroxyl groups is 1. The lowest BCUT2D eigenvalue weighted by Gasteiger charge is -2.42. The van der Waals surface area contributed by atoms with Crippen molar-refractivity contribution in [1.29, 1.82) is 0 Å². The first kappa shape index (κ1) is 17.7. The Hall–Kier alpha value is -2.13. The van der Waals surface area contributed by atoms with Crippen molar-refractivity contribution < 1.29 is 5.11 Å². The quantitative estimate of drug-likeness (QED) is 0.637. The Labute approximate surface area is 150 Å². The first-order valence-corrected chi connectivity index (χ1v) is 8.92. The van der Waals surface area contributed by atoms with Gasteiger partial charge in [0.1, 0.15) is 5.84 Å². The van der Waals surface area contributed by atoms with E-state index in [-0.39, 0.29) is 17.4 Å². The molecule has 2 aromatic rings. The highest BCUT2D eigenvalue weighted by Gasteiger charge is 2.37. The van der Waals surface area contributed by atoms with Crippen molar-refractivity contribution >= 4 is 11.5 Å². The third kappa shape index (κ3) is 3.47. The fourth-order valence-corrected chi connectivity index (χ4v) is 3.63. The average Bonchev–Trinajstić information content (AvgIpc) is 2.59. The predicted octanol–water partition coefficient (Wildman–Crippen LogP) is 4.56. The van der Waals surface area contributed by atoms with Gasteiger partial charge in [0.2, 0.25) is 0 Å². The van der Waals surface area contributed by atoms with E-state index in [2.05, 4.69) is 50.9 Å². The Morgan fingerprint density at radius 2 is 1.56 bits per heavy atom. The van der Waals surface area contributed by atoms with Crippen LogP contribution in [0.25, 0.3) is 0 Å². The first-order chi connectivity index (χ1) is 11.7. The van der Waals surface area contributed by atoms with Crippen LogP contribution in [-0.4, -0.2) is 10.9 Å². The smallest absolute Gasteiger partial charge is 0.131 e. The van der Waals surface area contributed by atoms with Crippen molar-refractivity contribution in [2.24, 2.45) is 10.7 Å². The van der Waals surface area contributed by atoms with Crippen LogP contribution in [0.15, 0.2) is 47.5 Å². The van der Waals surface area contributed by atoms with E-state index in [1.54, 1.807) is 0 Å². The van der Waals surface area contributed by atoms with Gasteiger partial charge in [-0.3, -0.25) is 0 Å². The summed E-state index contributed by atoms with van der Waals surface area (Å²) in [7, 11) is 0. The van der Waals surface area contributed by atoms with Gasteiger partial charge in [0.15, 0.2) is 0 Å². The Kier molecular flexibility index (Phi) is 4.46. The van der Waals surface area contributed by atoms with Crippen molar-refractivity contribution in [2.45, 2.75) is 58.0 Å². The molecule has 0 fully saturated rings. The number of amidine groups is 1. The van der Waals surface area contributed by atoms with E-state index < -0.39 is 0 Å². The van der Waals surface area contributed by atoms with E-state index in [0.717, 1.165) is 16.8 Å². The summed E-state index contributed by atoms with van der Waals surface area (Å²) in [5.74, 6) is 0.527. The summed E-state index contributed by atoms with van der Waals surface area (Å²) in [6, 6.07) is 14.0. The van der Waals surface area contributed by atoms with E-state index in [4.69, 9.17) is 10.8 Å². The number of aliphatic imine (C=N–C) groups is 1. The molecule has 0 spiro atoms. The summed E-state index contributed by atoms with van der Waals surface area (Å²) in [6.07, 6.45) is 2.38. The standard InChI is InChI=1S/C22H28N2O/c1-21(2)11-12-22(3,4)19-13-16(7-10-18(19)21)20(23)24-17-8-5-15(14-25)6-9-17/h5-10,13,25H,11-12,14H2,1-4H3,(H2,23,24). The summed E-state index contributed by atoms with van der Waals surface area (Å²) in [5, 5.41) is 9.13. The summed E-state index contributed by atoms with van der Waals surface area (Å²) in [5.41, 5.74) is 12.1. The Morgan fingerprint density at radius 1 is 0.960 bits per heavy atom. The van der Waals surface area contributed by atoms with Gasteiger partial charge in [-0.2, -0.15) is 0 Å². The molecular weight excluding hydrogens is 308 g/mol. The van der Waals surface area contributed by atoms with E-state index in [1.807, 2.05) is 24.3 Å². The lowest BCUT2D eigenvalue weighted by Crippen LogP contribution is -2.34. The zero-order valence-electron chi connectivity index (χ0n) is 15.6. The third-order valence-corrected chi connectivity index (χ3v) is 5.52. The van der Waals surface area contributed by atoms with E-state index in [0.29, 0.717) is 5.84 Å². The van der Waals surface area contributed by atoms with Gasteiger partial charge in [0.05, 0.1) is 12.3 Å². The lowest BCUT2D eigenvalue weighted by molar-refractivity contribution is 0.282. The predicted molar refractivity (Wildman–Crippen MR) is 104 cm³/mol. The Balaban J connectivity index is 1.99. The molecule has 0 radical (unpaired) electrons. The number of hydrogen-bond acceptors (Lipinski definition) is 2. The number of nitrogens with zero attached hydrogens (tertiary/aromatic N) is 1. The van der Waals surface area contributed by atoms with Crippen LogP contribution in [0.2, 0.25) is 0 Å². The number of benzene rings is 2.